The first kappa shape index (κ1) is 16.4. The molecule has 0 aromatic heterocycles. The second kappa shape index (κ2) is 7.84. The number of hydrogen-bond acceptors (Lipinski definition) is 2. The van der Waals surface area contributed by atoms with Crippen molar-refractivity contribution in [3.63, 3.8) is 0 Å². The van der Waals surface area contributed by atoms with Gasteiger partial charge in [0.15, 0.2) is 0 Å². The predicted octanol–water partition coefficient (Wildman–Crippen LogP) is 4.37. The summed E-state index contributed by atoms with van der Waals surface area (Å²) in [5, 5.41) is 0. The van der Waals surface area contributed by atoms with Crippen molar-refractivity contribution < 1.29 is 0 Å². The van der Waals surface area contributed by atoms with Crippen LogP contribution in [0.3, 0.4) is 0 Å². The maximum Gasteiger partial charge on any atom is 0.0368 e. The Bertz CT molecular complexity index is 429. The molecule has 3 atom stereocenters. The topological polar surface area (TPSA) is 29.3 Å². The molecule has 0 heterocycles. The van der Waals surface area contributed by atoms with E-state index >= 15 is 0 Å². The van der Waals surface area contributed by atoms with Gasteiger partial charge in [0.1, 0.15) is 0 Å². The van der Waals surface area contributed by atoms with Gasteiger partial charge in [0.05, 0.1) is 0 Å². The average molecular weight is 288 g/mol. The molecule has 0 amide bonds. The van der Waals surface area contributed by atoms with Gasteiger partial charge < -0.3 is 10.6 Å². The molecule has 0 saturated heterocycles. The van der Waals surface area contributed by atoms with E-state index in [-0.39, 0.29) is 0 Å². The maximum atomic E-state index is 6.42. The van der Waals surface area contributed by atoms with E-state index in [9.17, 15) is 0 Å². The molecule has 1 saturated carbocycles. The highest BCUT2D eigenvalue weighted by molar-refractivity contribution is 5.48. The van der Waals surface area contributed by atoms with Gasteiger partial charge in [-0.25, -0.2) is 0 Å². The summed E-state index contributed by atoms with van der Waals surface area (Å²) in [6.45, 7) is 8.89. The fourth-order valence-corrected chi connectivity index (χ4v) is 3.79. The third-order valence-electron chi connectivity index (χ3n) is 5.05. The lowest BCUT2D eigenvalue weighted by atomic mass is 9.76. The van der Waals surface area contributed by atoms with Gasteiger partial charge in [0, 0.05) is 24.8 Å². The van der Waals surface area contributed by atoms with Crippen molar-refractivity contribution in [1.29, 1.82) is 0 Å². The summed E-state index contributed by atoms with van der Waals surface area (Å²) in [5.41, 5.74) is 9.11. The minimum absolute atomic E-state index is 0.386. The van der Waals surface area contributed by atoms with Gasteiger partial charge in [-0.1, -0.05) is 31.9 Å². The van der Waals surface area contributed by atoms with Crippen LogP contribution in [0.25, 0.3) is 0 Å². The van der Waals surface area contributed by atoms with Crippen LogP contribution in [-0.2, 0) is 0 Å². The Morgan fingerprint density at radius 1 is 1.24 bits per heavy atom. The van der Waals surface area contributed by atoms with Crippen LogP contribution in [0, 0.1) is 18.8 Å². The third-order valence-corrected chi connectivity index (χ3v) is 5.05. The molecule has 0 bridgehead atoms. The standard InChI is InChI=1S/C19H32N2/c1-4-7-16-10-11-19(20)17(13-16)14-21(5-2)18-9-6-8-15(3)12-18/h6,8-9,12,16-17,19H,4-5,7,10-11,13-14,20H2,1-3H3. The number of anilines is 1. The Kier molecular flexibility index (Phi) is 6.10. The summed E-state index contributed by atoms with van der Waals surface area (Å²) in [6, 6.07) is 9.24. The molecule has 21 heavy (non-hydrogen) atoms. The van der Waals surface area contributed by atoms with Gasteiger partial charge in [-0.3, -0.25) is 0 Å². The lowest BCUT2D eigenvalue weighted by molar-refractivity contribution is 0.225. The van der Waals surface area contributed by atoms with Crippen molar-refractivity contribution in [3.8, 4) is 0 Å². The SMILES string of the molecule is CCCC1CCC(N)C(CN(CC)c2cccc(C)c2)C1. The van der Waals surface area contributed by atoms with Crippen molar-refractivity contribution in [2.45, 2.75) is 58.9 Å². The van der Waals surface area contributed by atoms with Crippen LogP contribution in [-0.4, -0.2) is 19.1 Å². The van der Waals surface area contributed by atoms with Crippen molar-refractivity contribution in [2.75, 3.05) is 18.0 Å². The summed E-state index contributed by atoms with van der Waals surface area (Å²) < 4.78 is 0. The molecular weight excluding hydrogens is 256 g/mol. The van der Waals surface area contributed by atoms with Crippen LogP contribution in [0.1, 0.15) is 51.5 Å². The molecule has 2 heteroatoms. The molecule has 1 aromatic rings. The highest BCUT2D eigenvalue weighted by atomic mass is 15.1. The second-order valence-corrected chi connectivity index (χ2v) is 6.77. The number of nitrogens with zero attached hydrogens (tertiary/aromatic N) is 1. The fourth-order valence-electron chi connectivity index (χ4n) is 3.79. The molecule has 2 nitrogen and oxygen atoms in total. The van der Waals surface area contributed by atoms with Crippen molar-refractivity contribution in [1.82, 2.24) is 0 Å². The third kappa shape index (κ3) is 4.47. The van der Waals surface area contributed by atoms with Gasteiger partial charge >= 0.3 is 0 Å². The van der Waals surface area contributed by atoms with Gasteiger partial charge in [-0.2, -0.15) is 0 Å². The zero-order valence-corrected chi connectivity index (χ0v) is 14.0. The Labute approximate surface area is 130 Å². The Morgan fingerprint density at radius 2 is 2.05 bits per heavy atom. The predicted molar refractivity (Wildman–Crippen MR) is 92.8 cm³/mol. The molecule has 1 aliphatic carbocycles. The molecule has 3 unspecified atom stereocenters. The normalized spacial score (nSPS) is 25.8. The molecule has 118 valence electrons. The number of benzene rings is 1. The minimum atomic E-state index is 0.386. The van der Waals surface area contributed by atoms with Crippen LogP contribution in [0.4, 0.5) is 5.69 Å². The van der Waals surface area contributed by atoms with Gasteiger partial charge in [0.2, 0.25) is 0 Å². The number of rotatable bonds is 6. The Hall–Kier alpha value is -1.02. The molecule has 0 spiro atoms. The van der Waals surface area contributed by atoms with Crippen LogP contribution in [0.5, 0.6) is 0 Å². The Balaban J connectivity index is 2.02. The number of nitrogens with two attached hydrogens (primary N) is 1. The minimum Gasteiger partial charge on any atom is -0.371 e. The molecule has 2 rings (SSSR count). The summed E-state index contributed by atoms with van der Waals surface area (Å²) in [4.78, 5) is 2.51. The monoisotopic (exact) mass is 288 g/mol. The van der Waals surface area contributed by atoms with Gasteiger partial charge in [0.25, 0.3) is 0 Å². The summed E-state index contributed by atoms with van der Waals surface area (Å²) in [6.07, 6.45) is 6.54. The van der Waals surface area contributed by atoms with Crippen LogP contribution >= 0.6 is 0 Å². The maximum absolute atomic E-state index is 6.42. The van der Waals surface area contributed by atoms with E-state index < -0.39 is 0 Å². The molecule has 0 radical (unpaired) electrons. The van der Waals surface area contributed by atoms with Crippen LogP contribution in [0.15, 0.2) is 24.3 Å². The highest BCUT2D eigenvalue weighted by Gasteiger charge is 2.29. The number of aryl methyl sites for hydroxylation is 1. The second-order valence-electron chi connectivity index (χ2n) is 6.77. The Morgan fingerprint density at radius 3 is 2.71 bits per heavy atom. The molecule has 2 N–H and O–H groups in total. The van der Waals surface area contributed by atoms with Crippen molar-refractivity contribution in [3.05, 3.63) is 29.8 Å². The molecule has 1 fully saturated rings. The fraction of sp³-hybridized carbons (Fsp3) is 0.684. The van der Waals surface area contributed by atoms with Crippen LogP contribution < -0.4 is 10.6 Å². The largest absolute Gasteiger partial charge is 0.371 e. The van der Waals surface area contributed by atoms with E-state index in [0.717, 1.165) is 19.0 Å². The molecule has 1 aliphatic rings. The first-order chi connectivity index (χ1) is 10.1. The van der Waals surface area contributed by atoms with E-state index in [1.807, 2.05) is 0 Å². The lowest BCUT2D eigenvalue weighted by Gasteiger charge is -2.38. The van der Waals surface area contributed by atoms with Crippen LogP contribution in [0.2, 0.25) is 0 Å². The van der Waals surface area contributed by atoms with Crippen molar-refractivity contribution in [2.24, 2.45) is 17.6 Å². The van der Waals surface area contributed by atoms with Gasteiger partial charge in [-0.05, 0) is 62.6 Å². The molecular formula is C19H32N2. The van der Waals surface area contributed by atoms with Gasteiger partial charge in [-0.15, -0.1) is 0 Å². The number of hydrogen-bond donors (Lipinski definition) is 1. The zero-order valence-electron chi connectivity index (χ0n) is 14.0. The highest BCUT2D eigenvalue weighted by Crippen LogP contribution is 2.32. The smallest absolute Gasteiger partial charge is 0.0368 e. The van der Waals surface area contributed by atoms with E-state index in [2.05, 4.69) is 49.9 Å². The quantitative estimate of drug-likeness (QED) is 0.842. The van der Waals surface area contributed by atoms with E-state index in [0.29, 0.717) is 12.0 Å². The lowest BCUT2D eigenvalue weighted by Crippen LogP contribution is -2.43. The van der Waals surface area contributed by atoms with E-state index in [1.54, 1.807) is 0 Å². The first-order valence-corrected chi connectivity index (χ1v) is 8.71. The molecule has 0 aliphatic heterocycles. The first-order valence-electron chi connectivity index (χ1n) is 8.71. The summed E-state index contributed by atoms with van der Waals surface area (Å²) in [7, 11) is 0. The van der Waals surface area contributed by atoms with E-state index in [1.165, 1.54) is 43.4 Å². The molecule has 1 aromatic carbocycles. The zero-order chi connectivity index (χ0) is 15.2. The van der Waals surface area contributed by atoms with Crippen molar-refractivity contribution >= 4 is 5.69 Å². The average Bonchev–Trinajstić information content (AvgIpc) is 2.48. The summed E-state index contributed by atoms with van der Waals surface area (Å²) >= 11 is 0. The summed E-state index contributed by atoms with van der Waals surface area (Å²) in [5.74, 6) is 1.55. The van der Waals surface area contributed by atoms with E-state index in [4.69, 9.17) is 5.73 Å².